The van der Waals surface area contributed by atoms with Crippen LogP contribution in [0.1, 0.15) is 16.1 Å². The monoisotopic (exact) mass is 345 g/mol. The minimum Gasteiger partial charge on any atom is -0.319 e. The van der Waals surface area contributed by atoms with Crippen molar-refractivity contribution in [1.29, 1.82) is 0 Å². The van der Waals surface area contributed by atoms with E-state index in [0.29, 0.717) is 27.0 Å². The number of rotatable bonds is 3. The molecule has 0 aliphatic heterocycles. The lowest BCUT2D eigenvalue weighted by Crippen LogP contribution is -2.12. The highest BCUT2D eigenvalue weighted by Gasteiger charge is 2.16. The Balaban J connectivity index is 1.93. The van der Waals surface area contributed by atoms with Gasteiger partial charge in [0.15, 0.2) is 0 Å². The molecular formula is C17H13Cl2N3O. The van der Waals surface area contributed by atoms with Crippen LogP contribution in [0.15, 0.2) is 48.5 Å². The zero-order valence-electron chi connectivity index (χ0n) is 12.2. The van der Waals surface area contributed by atoms with Crippen LogP contribution in [-0.4, -0.2) is 16.1 Å². The van der Waals surface area contributed by atoms with Gasteiger partial charge in [0, 0.05) is 21.2 Å². The fourth-order valence-corrected chi connectivity index (χ4v) is 2.53. The summed E-state index contributed by atoms with van der Waals surface area (Å²) in [4.78, 5) is 12.4. The van der Waals surface area contributed by atoms with Gasteiger partial charge < -0.3 is 5.32 Å². The molecule has 0 aliphatic carbocycles. The maximum Gasteiger partial charge on any atom is 0.255 e. The van der Waals surface area contributed by atoms with Crippen LogP contribution >= 0.6 is 23.2 Å². The van der Waals surface area contributed by atoms with E-state index < -0.39 is 0 Å². The Kier molecular flexibility index (Phi) is 4.37. The summed E-state index contributed by atoms with van der Waals surface area (Å²) in [5.41, 5.74) is 3.39. The summed E-state index contributed by atoms with van der Waals surface area (Å²) < 4.78 is 0. The second-order valence-electron chi connectivity index (χ2n) is 5.04. The van der Waals surface area contributed by atoms with E-state index in [1.807, 2.05) is 19.1 Å². The lowest BCUT2D eigenvalue weighted by Gasteiger charge is -2.07. The second-order valence-corrected chi connectivity index (χ2v) is 5.92. The minimum atomic E-state index is -0.227. The predicted octanol–water partition coefficient (Wildman–Crippen LogP) is 4.94. The lowest BCUT2D eigenvalue weighted by molar-refractivity contribution is 0.102. The van der Waals surface area contributed by atoms with Crippen molar-refractivity contribution in [3.8, 4) is 11.3 Å². The van der Waals surface area contributed by atoms with Crippen LogP contribution < -0.4 is 5.32 Å². The number of carbonyl (C=O) groups excluding carboxylic acids is 1. The number of aromatic nitrogens is 2. The normalized spacial score (nSPS) is 10.6. The van der Waals surface area contributed by atoms with Crippen molar-refractivity contribution in [3.05, 3.63) is 69.8 Å². The van der Waals surface area contributed by atoms with Crippen LogP contribution in [0.4, 0.5) is 5.69 Å². The standard InChI is InChI=1S/C17H13Cl2N3O/c1-10-15(20-17(23)11-5-7-13(18)8-6-11)16(22-21-10)12-3-2-4-14(19)9-12/h2-9H,1H3,(H,20,23)(H,21,22). The van der Waals surface area contributed by atoms with E-state index in [-0.39, 0.29) is 5.91 Å². The molecule has 2 aromatic carbocycles. The average Bonchev–Trinajstić information content (AvgIpc) is 2.89. The number of hydrogen-bond acceptors (Lipinski definition) is 2. The topological polar surface area (TPSA) is 57.8 Å². The molecule has 116 valence electrons. The number of aromatic amines is 1. The molecule has 0 spiro atoms. The highest BCUT2D eigenvalue weighted by atomic mass is 35.5. The molecule has 0 saturated carbocycles. The number of nitrogens with zero attached hydrogens (tertiary/aromatic N) is 1. The van der Waals surface area contributed by atoms with Crippen LogP contribution in [-0.2, 0) is 0 Å². The first-order valence-electron chi connectivity index (χ1n) is 6.92. The summed E-state index contributed by atoms with van der Waals surface area (Å²) in [5.74, 6) is -0.227. The maximum atomic E-state index is 12.4. The largest absolute Gasteiger partial charge is 0.319 e. The number of carbonyl (C=O) groups is 1. The Morgan fingerprint density at radius 1 is 1.09 bits per heavy atom. The van der Waals surface area contributed by atoms with Gasteiger partial charge >= 0.3 is 0 Å². The van der Waals surface area contributed by atoms with Crippen LogP contribution in [0.2, 0.25) is 10.0 Å². The van der Waals surface area contributed by atoms with E-state index in [9.17, 15) is 4.79 Å². The third kappa shape index (κ3) is 3.38. The van der Waals surface area contributed by atoms with Gasteiger partial charge in [0.2, 0.25) is 0 Å². The van der Waals surface area contributed by atoms with E-state index in [1.54, 1.807) is 36.4 Å². The Bertz CT molecular complexity index is 857. The van der Waals surface area contributed by atoms with Crippen molar-refractivity contribution in [2.45, 2.75) is 6.92 Å². The number of aryl methyl sites for hydroxylation is 1. The van der Waals surface area contributed by atoms with Gasteiger partial charge in [-0.1, -0.05) is 35.3 Å². The van der Waals surface area contributed by atoms with Crippen LogP contribution in [0.3, 0.4) is 0 Å². The zero-order valence-corrected chi connectivity index (χ0v) is 13.7. The fourth-order valence-electron chi connectivity index (χ4n) is 2.21. The second kappa shape index (κ2) is 6.44. The number of anilines is 1. The summed E-state index contributed by atoms with van der Waals surface area (Å²) >= 11 is 11.9. The first kappa shape index (κ1) is 15.6. The number of hydrogen-bond donors (Lipinski definition) is 2. The molecule has 1 heterocycles. The third-order valence-electron chi connectivity index (χ3n) is 3.39. The van der Waals surface area contributed by atoms with Crippen molar-refractivity contribution in [1.82, 2.24) is 10.2 Å². The molecule has 0 radical (unpaired) electrons. The van der Waals surface area contributed by atoms with Crippen LogP contribution in [0.5, 0.6) is 0 Å². The Morgan fingerprint density at radius 3 is 2.52 bits per heavy atom. The average molecular weight is 346 g/mol. The first-order valence-corrected chi connectivity index (χ1v) is 7.68. The van der Waals surface area contributed by atoms with Gasteiger partial charge in [-0.05, 0) is 43.3 Å². The van der Waals surface area contributed by atoms with Gasteiger partial charge in [-0.25, -0.2) is 0 Å². The molecule has 0 saturated heterocycles. The summed E-state index contributed by atoms with van der Waals surface area (Å²) in [6.45, 7) is 1.85. The van der Waals surface area contributed by atoms with Crippen molar-refractivity contribution >= 4 is 34.8 Å². The molecule has 0 bridgehead atoms. The summed E-state index contributed by atoms with van der Waals surface area (Å²) in [6, 6.07) is 14.0. The number of nitrogens with one attached hydrogen (secondary N) is 2. The highest BCUT2D eigenvalue weighted by molar-refractivity contribution is 6.31. The van der Waals surface area contributed by atoms with Crippen molar-refractivity contribution in [2.75, 3.05) is 5.32 Å². The third-order valence-corrected chi connectivity index (χ3v) is 3.88. The molecule has 0 aliphatic rings. The zero-order chi connectivity index (χ0) is 16.4. The molecule has 1 amide bonds. The van der Waals surface area contributed by atoms with Crippen molar-refractivity contribution in [2.24, 2.45) is 0 Å². The Labute approximate surface area is 143 Å². The molecule has 23 heavy (non-hydrogen) atoms. The molecular weight excluding hydrogens is 333 g/mol. The molecule has 4 nitrogen and oxygen atoms in total. The SMILES string of the molecule is Cc1[nH]nc(-c2cccc(Cl)c2)c1NC(=O)c1ccc(Cl)cc1. The number of amides is 1. The van der Waals surface area contributed by atoms with Crippen LogP contribution in [0, 0.1) is 6.92 Å². The lowest BCUT2D eigenvalue weighted by atomic mass is 10.1. The van der Waals surface area contributed by atoms with E-state index >= 15 is 0 Å². The van der Waals surface area contributed by atoms with Crippen molar-refractivity contribution in [3.63, 3.8) is 0 Å². The Hall–Kier alpha value is -2.30. The fraction of sp³-hybridized carbons (Fsp3) is 0.0588. The summed E-state index contributed by atoms with van der Waals surface area (Å²) in [5, 5.41) is 11.2. The summed E-state index contributed by atoms with van der Waals surface area (Å²) in [6.07, 6.45) is 0. The minimum absolute atomic E-state index is 0.227. The molecule has 1 aromatic heterocycles. The molecule has 0 unspecified atom stereocenters. The van der Waals surface area contributed by atoms with E-state index in [2.05, 4.69) is 15.5 Å². The molecule has 3 rings (SSSR count). The van der Waals surface area contributed by atoms with Crippen LogP contribution in [0.25, 0.3) is 11.3 Å². The van der Waals surface area contributed by atoms with Gasteiger partial charge in [0.1, 0.15) is 5.69 Å². The quantitative estimate of drug-likeness (QED) is 0.705. The Morgan fingerprint density at radius 2 is 1.83 bits per heavy atom. The molecule has 0 fully saturated rings. The van der Waals surface area contributed by atoms with E-state index in [4.69, 9.17) is 23.2 Å². The van der Waals surface area contributed by atoms with Gasteiger partial charge in [-0.3, -0.25) is 9.89 Å². The molecule has 2 N–H and O–H groups in total. The summed E-state index contributed by atoms with van der Waals surface area (Å²) in [7, 11) is 0. The van der Waals surface area contributed by atoms with Crippen molar-refractivity contribution < 1.29 is 4.79 Å². The van der Waals surface area contributed by atoms with Gasteiger partial charge in [0.25, 0.3) is 5.91 Å². The smallest absolute Gasteiger partial charge is 0.255 e. The molecule has 0 atom stereocenters. The van der Waals surface area contributed by atoms with E-state index in [1.165, 1.54) is 0 Å². The van der Waals surface area contributed by atoms with Gasteiger partial charge in [-0.15, -0.1) is 0 Å². The maximum absolute atomic E-state index is 12.4. The highest BCUT2D eigenvalue weighted by Crippen LogP contribution is 2.30. The molecule has 6 heteroatoms. The van der Waals surface area contributed by atoms with E-state index in [0.717, 1.165) is 11.3 Å². The number of halogens is 2. The predicted molar refractivity (Wildman–Crippen MR) is 93.2 cm³/mol. The first-order chi connectivity index (χ1) is 11.0. The number of benzene rings is 2. The van der Waals surface area contributed by atoms with Gasteiger partial charge in [-0.2, -0.15) is 5.10 Å². The molecule has 3 aromatic rings. The number of H-pyrrole nitrogens is 1. The van der Waals surface area contributed by atoms with Gasteiger partial charge in [0.05, 0.1) is 11.4 Å².